The van der Waals surface area contributed by atoms with Crippen molar-refractivity contribution in [3.05, 3.63) is 23.4 Å². The lowest BCUT2D eigenvalue weighted by molar-refractivity contribution is -0.141. The second kappa shape index (κ2) is 6.17. The van der Waals surface area contributed by atoms with Gasteiger partial charge in [-0.15, -0.1) is 0 Å². The van der Waals surface area contributed by atoms with Gasteiger partial charge in [-0.3, -0.25) is 0 Å². The van der Waals surface area contributed by atoms with Crippen LogP contribution in [0.1, 0.15) is 43.9 Å². The van der Waals surface area contributed by atoms with Crippen molar-refractivity contribution in [2.75, 3.05) is 5.32 Å². The molecule has 1 aromatic heterocycles. The first-order chi connectivity index (χ1) is 9.81. The van der Waals surface area contributed by atoms with E-state index in [0.29, 0.717) is 11.5 Å². The number of aromatic nitrogens is 1. The zero-order valence-electron chi connectivity index (χ0n) is 11.7. The molecule has 1 aromatic rings. The molecule has 21 heavy (non-hydrogen) atoms. The van der Waals surface area contributed by atoms with E-state index in [0.717, 1.165) is 18.9 Å². The third-order valence-corrected chi connectivity index (χ3v) is 3.82. The minimum atomic E-state index is -4.48. The molecule has 0 radical (unpaired) electrons. The Morgan fingerprint density at radius 2 is 2.14 bits per heavy atom. The standard InChI is InChI=1S/C14H18F3N3S/c1-2-9(7-8-3-4-8)19-13-10(12(18)21)5-6-11(20-13)14(15,16)17/h5-6,8-9H,2-4,7H2,1H3,(H2,18,21)(H,19,20). The molecule has 1 atom stereocenters. The van der Waals surface area contributed by atoms with E-state index in [1.54, 1.807) is 0 Å². The smallest absolute Gasteiger partial charge is 0.389 e. The number of anilines is 1. The number of hydrogen-bond acceptors (Lipinski definition) is 3. The summed E-state index contributed by atoms with van der Waals surface area (Å²) >= 11 is 4.89. The van der Waals surface area contributed by atoms with Gasteiger partial charge in [0.15, 0.2) is 0 Å². The number of alkyl halides is 3. The van der Waals surface area contributed by atoms with Crippen LogP contribution in [0.25, 0.3) is 0 Å². The van der Waals surface area contributed by atoms with E-state index in [1.807, 2.05) is 6.92 Å². The fourth-order valence-corrected chi connectivity index (χ4v) is 2.37. The van der Waals surface area contributed by atoms with Crippen molar-refractivity contribution in [2.24, 2.45) is 11.7 Å². The van der Waals surface area contributed by atoms with Gasteiger partial charge in [0.1, 0.15) is 16.5 Å². The Hall–Kier alpha value is -1.37. The molecule has 2 rings (SSSR count). The minimum absolute atomic E-state index is 0.0417. The lowest BCUT2D eigenvalue weighted by atomic mass is 10.1. The molecular weight excluding hydrogens is 299 g/mol. The Kier molecular flexibility index (Phi) is 4.70. The van der Waals surface area contributed by atoms with Crippen LogP contribution in [0.5, 0.6) is 0 Å². The van der Waals surface area contributed by atoms with Gasteiger partial charge in [0.25, 0.3) is 0 Å². The summed E-state index contributed by atoms with van der Waals surface area (Å²) < 4.78 is 38.4. The van der Waals surface area contributed by atoms with E-state index in [4.69, 9.17) is 18.0 Å². The quantitative estimate of drug-likeness (QED) is 0.785. The SMILES string of the molecule is CCC(CC1CC1)Nc1nc(C(F)(F)F)ccc1C(N)=S. The summed E-state index contributed by atoms with van der Waals surface area (Å²) in [5.41, 5.74) is 4.99. The highest BCUT2D eigenvalue weighted by atomic mass is 32.1. The Labute approximate surface area is 127 Å². The first kappa shape index (κ1) is 16.0. The van der Waals surface area contributed by atoms with E-state index < -0.39 is 11.9 Å². The van der Waals surface area contributed by atoms with Crippen molar-refractivity contribution >= 4 is 23.0 Å². The van der Waals surface area contributed by atoms with Crippen LogP contribution >= 0.6 is 12.2 Å². The van der Waals surface area contributed by atoms with Crippen LogP contribution in [0.4, 0.5) is 19.0 Å². The van der Waals surface area contributed by atoms with Gasteiger partial charge in [0, 0.05) is 6.04 Å². The topological polar surface area (TPSA) is 50.9 Å². The fourth-order valence-electron chi connectivity index (χ4n) is 2.20. The van der Waals surface area contributed by atoms with Crippen molar-refractivity contribution in [3.63, 3.8) is 0 Å². The molecule has 1 heterocycles. The number of nitrogens with zero attached hydrogens (tertiary/aromatic N) is 1. The van der Waals surface area contributed by atoms with E-state index in [-0.39, 0.29) is 16.8 Å². The maximum Gasteiger partial charge on any atom is 0.433 e. The van der Waals surface area contributed by atoms with Crippen molar-refractivity contribution < 1.29 is 13.2 Å². The summed E-state index contributed by atoms with van der Waals surface area (Å²) in [6, 6.07) is 2.27. The lowest BCUT2D eigenvalue weighted by Crippen LogP contribution is -2.24. The molecule has 1 unspecified atom stereocenters. The van der Waals surface area contributed by atoms with Gasteiger partial charge in [-0.1, -0.05) is 32.0 Å². The zero-order chi connectivity index (χ0) is 15.6. The Balaban J connectivity index is 2.26. The van der Waals surface area contributed by atoms with Crippen LogP contribution in [0, 0.1) is 5.92 Å². The van der Waals surface area contributed by atoms with Gasteiger partial charge in [-0.2, -0.15) is 13.2 Å². The second-order valence-corrected chi connectivity index (χ2v) is 5.82. The summed E-state index contributed by atoms with van der Waals surface area (Å²) in [4.78, 5) is 3.72. The van der Waals surface area contributed by atoms with Crippen LogP contribution in [-0.4, -0.2) is 16.0 Å². The normalized spacial score (nSPS) is 16.6. The zero-order valence-corrected chi connectivity index (χ0v) is 12.5. The van der Waals surface area contributed by atoms with Crippen LogP contribution in [0.2, 0.25) is 0 Å². The molecule has 0 aliphatic heterocycles. The fraction of sp³-hybridized carbons (Fsp3) is 0.571. The van der Waals surface area contributed by atoms with Crippen LogP contribution in [-0.2, 0) is 6.18 Å². The predicted octanol–water partition coefficient (Wildman–Crippen LogP) is 3.73. The molecule has 1 aliphatic rings. The molecule has 3 N–H and O–H groups in total. The average Bonchev–Trinajstić information content (AvgIpc) is 3.20. The number of hydrogen-bond donors (Lipinski definition) is 2. The van der Waals surface area contributed by atoms with Crippen LogP contribution < -0.4 is 11.1 Å². The highest BCUT2D eigenvalue weighted by Crippen LogP contribution is 2.35. The predicted molar refractivity (Wildman–Crippen MR) is 80.2 cm³/mol. The summed E-state index contributed by atoms with van der Waals surface area (Å²) in [7, 11) is 0. The van der Waals surface area contributed by atoms with Crippen LogP contribution in [0.3, 0.4) is 0 Å². The number of pyridine rings is 1. The largest absolute Gasteiger partial charge is 0.433 e. The molecule has 7 heteroatoms. The van der Waals surface area contributed by atoms with E-state index in [9.17, 15) is 13.2 Å². The summed E-state index contributed by atoms with van der Waals surface area (Å²) in [5.74, 6) is 0.798. The molecule has 1 saturated carbocycles. The molecule has 1 fully saturated rings. The maximum absolute atomic E-state index is 12.8. The summed E-state index contributed by atoms with van der Waals surface area (Å²) in [5, 5.41) is 3.08. The third kappa shape index (κ3) is 4.30. The summed E-state index contributed by atoms with van der Waals surface area (Å²) in [6.07, 6.45) is -0.355. The second-order valence-electron chi connectivity index (χ2n) is 5.38. The van der Waals surface area contributed by atoms with Gasteiger partial charge in [0.2, 0.25) is 0 Å². The van der Waals surface area contributed by atoms with Crippen molar-refractivity contribution in [2.45, 2.75) is 44.8 Å². The Morgan fingerprint density at radius 3 is 2.62 bits per heavy atom. The highest BCUT2D eigenvalue weighted by molar-refractivity contribution is 7.80. The maximum atomic E-state index is 12.8. The minimum Gasteiger partial charge on any atom is -0.389 e. The lowest BCUT2D eigenvalue weighted by Gasteiger charge is -2.20. The number of rotatable bonds is 6. The monoisotopic (exact) mass is 317 g/mol. The summed E-state index contributed by atoms with van der Waals surface area (Å²) in [6.45, 7) is 1.99. The Morgan fingerprint density at radius 1 is 1.48 bits per heavy atom. The van der Waals surface area contributed by atoms with Crippen molar-refractivity contribution in [3.8, 4) is 0 Å². The number of halogens is 3. The third-order valence-electron chi connectivity index (χ3n) is 3.60. The number of thiocarbonyl (C=S) groups is 1. The van der Waals surface area contributed by atoms with Gasteiger partial charge in [-0.05, 0) is 30.9 Å². The Bertz CT molecular complexity index is 527. The molecule has 3 nitrogen and oxygen atoms in total. The first-order valence-corrected chi connectivity index (χ1v) is 7.36. The first-order valence-electron chi connectivity index (χ1n) is 6.95. The van der Waals surface area contributed by atoms with Crippen LogP contribution in [0.15, 0.2) is 12.1 Å². The van der Waals surface area contributed by atoms with Crippen molar-refractivity contribution in [1.29, 1.82) is 0 Å². The molecule has 0 saturated heterocycles. The van der Waals surface area contributed by atoms with Gasteiger partial charge < -0.3 is 11.1 Å². The van der Waals surface area contributed by atoms with E-state index in [2.05, 4.69) is 10.3 Å². The molecular formula is C14H18F3N3S. The van der Waals surface area contributed by atoms with Gasteiger partial charge in [-0.25, -0.2) is 4.98 Å². The molecule has 116 valence electrons. The highest BCUT2D eigenvalue weighted by Gasteiger charge is 2.33. The van der Waals surface area contributed by atoms with Gasteiger partial charge >= 0.3 is 6.18 Å². The van der Waals surface area contributed by atoms with E-state index >= 15 is 0 Å². The van der Waals surface area contributed by atoms with Gasteiger partial charge in [0.05, 0.1) is 5.56 Å². The average molecular weight is 317 g/mol. The number of nitrogens with two attached hydrogens (primary N) is 1. The number of nitrogens with one attached hydrogen (secondary N) is 1. The molecule has 1 aliphatic carbocycles. The molecule has 0 spiro atoms. The van der Waals surface area contributed by atoms with E-state index in [1.165, 1.54) is 18.9 Å². The molecule has 0 bridgehead atoms. The molecule has 0 aromatic carbocycles. The molecule has 0 amide bonds. The van der Waals surface area contributed by atoms with Crippen molar-refractivity contribution in [1.82, 2.24) is 4.98 Å².